The molecule has 5 nitrogen and oxygen atoms in total. The van der Waals surface area contributed by atoms with Crippen LogP contribution in [0.3, 0.4) is 0 Å². The van der Waals surface area contributed by atoms with E-state index in [1.165, 1.54) is 39.8 Å². The van der Waals surface area contributed by atoms with Gasteiger partial charge in [-0.05, 0) is 43.5 Å². The van der Waals surface area contributed by atoms with Gasteiger partial charge in [-0.3, -0.25) is 9.59 Å². The first-order chi connectivity index (χ1) is 11.4. The number of thioether (sulfide) groups is 1. The number of nitrogens with zero attached hydrogens (tertiary/aromatic N) is 2. The Morgan fingerprint density at radius 3 is 2.71 bits per heavy atom. The summed E-state index contributed by atoms with van der Waals surface area (Å²) in [6.07, 6.45) is 0. The van der Waals surface area contributed by atoms with Gasteiger partial charge in [0, 0.05) is 10.9 Å². The number of hydrogen-bond donors (Lipinski definition) is 1. The second-order valence-corrected chi connectivity index (χ2v) is 7.72. The van der Waals surface area contributed by atoms with Crippen molar-refractivity contribution in [3.05, 3.63) is 34.2 Å². The van der Waals surface area contributed by atoms with Gasteiger partial charge >= 0.3 is 0 Å². The molecule has 1 fully saturated rings. The molecule has 2 aromatic rings. The maximum Gasteiger partial charge on any atom is 0.245 e. The number of carbonyl (C=O) groups is 2. The maximum absolute atomic E-state index is 12.1. The van der Waals surface area contributed by atoms with Gasteiger partial charge in [0.1, 0.15) is 6.54 Å². The van der Waals surface area contributed by atoms with Crippen molar-refractivity contribution in [3.63, 3.8) is 0 Å². The number of rotatable bonds is 4. The summed E-state index contributed by atoms with van der Waals surface area (Å²) in [5, 5.41) is 5.30. The van der Waals surface area contributed by atoms with E-state index < -0.39 is 0 Å². The Balaban J connectivity index is 1.70. The van der Waals surface area contributed by atoms with Gasteiger partial charge in [-0.2, -0.15) is 0 Å². The Morgan fingerprint density at radius 2 is 2.00 bits per heavy atom. The minimum absolute atomic E-state index is 0.0146. The van der Waals surface area contributed by atoms with Crippen LogP contribution in [0.25, 0.3) is 11.3 Å². The molecule has 24 heavy (non-hydrogen) atoms. The van der Waals surface area contributed by atoms with E-state index in [0.29, 0.717) is 16.8 Å². The lowest BCUT2D eigenvalue weighted by Crippen LogP contribution is -2.34. The third-order valence-corrected chi connectivity index (χ3v) is 5.73. The molecule has 1 aromatic heterocycles. The van der Waals surface area contributed by atoms with E-state index >= 15 is 0 Å². The Kier molecular flexibility index (Phi) is 4.91. The van der Waals surface area contributed by atoms with E-state index in [-0.39, 0.29) is 18.4 Å². The highest BCUT2D eigenvalue weighted by atomic mass is 32.2. The second-order valence-electron chi connectivity index (χ2n) is 5.91. The summed E-state index contributed by atoms with van der Waals surface area (Å²) in [5.41, 5.74) is 5.60. The lowest BCUT2D eigenvalue weighted by molar-refractivity contribution is -0.130. The van der Waals surface area contributed by atoms with Gasteiger partial charge in [0.25, 0.3) is 0 Å². The van der Waals surface area contributed by atoms with Gasteiger partial charge in [-0.25, -0.2) is 4.98 Å². The summed E-state index contributed by atoms with van der Waals surface area (Å²) in [4.78, 5) is 29.7. The van der Waals surface area contributed by atoms with Crippen molar-refractivity contribution in [1.29, 1.82) is 0 Å². The van der Waals surface area contributed by atoms with Crippen LogP contribution >= 0.6 is 23.1 Å². The largest absolute Gasteiger partial charge is 0.323 e. The summed E-state index contributed by atoms with van der Waals surface area (Å²) in [6, 6.07) is 4.28. The Bertz CT molecular complexity index is 801. The Hall–Kier alpha value is -1.86. The molecule has 2 amide bonds. The molecule has 0 aliphatic carbocycles. The summed E-state index contributed by atoms with van der Waals surface area (Å²) >= 11 is 2.93. The molecule has 0 saturated carbocycles. The quantitative estimate of drug-likeness (QED) is 0.908. The number of hydrogen-bond acceptors (Lipinski definition) is 5. The van der Waals surface area contributed by atoms with Gasteiger partial charge in [-0.15, -0.1) is 23.1 Å². The molecular weight excluding hydrogens is 342 g/mol. The highest BCUT2D eigenvalue weighted by molar-refractivity contribution is 8.00. The fourth-order valence-electron chi connectivity index (χ4n) is 2.56. The molecule has 0 atom stereocenters. The first kappa shape index (κ1) is 17.0. The lowest BCUT2D eigenvalue weighted by Gasteiger charge is -2.13. The van der Waals surface area contributed by atoms with Crippen molar-refractivity contribution < 1.29 is 9.59 Å². The van der Waals surface area contributed by atoms with Crippen molar-refractivity contribution >= 4 is 40.0 Å². The summed E-state index contributed by atoms with van der Waals surface area (Å²) < 4.78 is 0. The molecular formula is C17H19N3O2S2. The Morgan fingerprint density at radius 1 is 1.25 bits per heavy atom. The van der Waals surface area contributed by atoms with Crippen LogP contribution in [0.2, 0.25) is 0 Å². The van der Waals surface area contributed by atoms with E-state index in [1.54, 1.807) is 4.90 Å². The summed E-state index contributed by atoms with van der Waals surface area (Å²) in [6.45, 7) is 6.33. The van der Waals surface area contributed by atoms with Crippen LogP contribution in [0.4, 0.5) is 5.13 Å². The first-order valence-corrected chi connectivity index (χ1v) is 9.66. The molecule has 126 valence electrons. The molecule has 1 saturated heterocycles. The zero-order valence-electron chi connectivity index (χ0n) is 13.9. The van der Waals surface area contributed by atoms with Gasteiger partial charge in [0.2, 0.25) is 11.8 Å². The molecule has 1 aliphatic rings. The average Bonchev–Trinajstić information content (AvgIpc) is 3.13. The van der Waals surface area contributed by atoms with Crippen LogP contribution in [-0.4, -0.2) is 39.9 Å². The van der Waals surface area contributed by atoms with Gasteiger partial charge < -0.3 is 10.2 Å². The molecule has 3 rings (SSSR count). The molecule has 2 heterocycles. The summed E-state index contributed by atoms with van der Waals surface area (Å²) in [7, 11) is 0. The lowest BCUT2D eigenvalue weighted by atomic mass is 9.99. The second kappa shape index (κ2) is 6.94. The van der Waals surface area contributed by atoms with E-state index in [0.717, 1.165) is 11.3 Å². The van der Waals surface area contributed by atoms with Crippen molar-refractivity contribution in [2.24, 2.45) is 0 Å². The molecule has 1 N–H and O–H groups in total. The van der Waals surface area contributed by atoms with E-state index in [2.05, 4.69) is 43.2 Å². The van der Waals surface area contributed by atoms with Gasteiger partial charge in [0.05, 0.1) is 17.3 Å². The summed E-state index contributed by atoms with van der Waals surface area (Å²) in [5.74, 6) is 0.849. The highest BCUT2D eigenvalue weighted by Crippen LogP contribution is 2.29. The van der Waals surface area contributed by atoms with Crippen LogP contribution in [0.5, 0.6) is 0 Å². The van der Waals surface area contributed by atoms with Crippen molar-refractivity contribution in [3.8, 4) is 11.3 Å². The molecule has 1 aromatic carbocycles. The van der Waals surface area contributed by atoms with E-state index in [4.69, 9.17) is 0 Å². The van der Waals surface area contributed by atoms with Gasteiger partial charge in [-0.1, -0.05) is 6.07 Å². The number of benzene rings is 1. The molecule has 0 radical (unpaired) electrons. The Labute approximate surface area is 149 Å². The minimum Gasteiger partial charge on any atom is -0.323 e. The molecule has 0 spiro atoms. The van der Waals surface area contributed by atoms with E-state index in [1.807, 2.05) is 5.38 Å². The zero-order chi connectivity index (χ0) is 17.3. The molecule has 0 unspecified atom stereocenters. The third kappa shape index (κ3) is 3.62. The minimum atomic E-state index is -0.205. The molecule has 0 bridgehead atoms. The predicted molar refractivity (Wildman–Crippen MR) is 99.4 cm³/mol. The fourth-order valence-corrected chi connectivity index (χ4v) is 4.19. The SMILES string of the molecule is Cc1cc(C)c(-c2csc(NC(=O)CN3CSCC3=O)n2)cc1C. The van der Waals surface area contributed by atoms with E-state index in [9.17, 15) is 9.59 Å². The highest BCUT2D eigenvalue weighted by Gasteiger charge is 2.23. The number of thiazole rings is 1. The number of amides is 2. The third-order valence-electron chi connectivity index (χ3n) is 4.03. The number of aryl methyl sites for hydroxylation is 3. The first-order valence-electron chi connectivity index (χ1n) is 7.63. The average molecular weight is 361 g/mol. The van der Waals surface area contributed by atoms with Crippen molar-refractivity contribution in [2.75, 3.05) is 23.5 Å². The predicted octanol–water partition coefficient (Wildman–Crippen LogP) is 3.21. The topological polar surface area (TPSA) is 62.3 Å². The number of anilines is 1. The van der Waals surface area contributed by atoms with Crippen LogP contribution in [-0.2, 0) is 9.59 Å². The fraction of sp³-hybridized carbons (Fsp3) is 0.353. The van der Waals surface area contributed by atoms with Crippen molar-refractivity contribution in [2.45, 2.75) is 20.8 Å². The number of carbonyl (C=O) groups excluding carboxylic acids is 2. The number of nitrogens with one attached hydrogen (secondary N) is 1. The van der Waals surface area contributed by atoms with Crippen molar-refractivity contribution in [1.82, 2.24) is 9.88 Å². The maximum atomic E-state index is 12.1. The number of aromatic nitrogens is 1. The van der Waals surface area contributed by atoms with Crippen LogP contribution in [0.15, 0.2) is 17.5 Å². The smallest absolute Gasteiger partial charge is 0.245 e. The molecule has 7 heteroatoms. The van der Waals surface area contributed by atoms with Gasteiger partial charge in [0.15, 0.2) is 5.13 Å². The normalized spacial score (nSPS) is 14.3. The van der Waals surface area contributed by atoms with Crippen LogP contribution in [0.1, 0.15) is 16.7 Å². The van der Waals surface area contributed by atoms with Crippen LogP contribution < -0.4 is 5.32 Å². The molecule has 1 aliphatic heterocycles. The monoisotopic (exact) mass is 361 g/mol. The zero-order valence-corrected chi connectivity index (χ0v) is 15.5. The standard InChI is InChI=1S/C17H19N3O2S2/c1-10-4-12(3)13(5-11(10)2)14-7-24-17(18-14)19-15(21)6-20-9-23-8-16(20)22/h4-5,7H,6,8-9H2,1-3H3,(H,18,19,21). The van der Waals surface area contributed by atoms with Crippen LogP contribution in [0, 0.1) is 20.8 Å².